The van der Waals surface area contributed by atoms with E-state index in [0.717, 1.165) is 6.61 Å². The molecule has 0 aromatic heterocycles. The molecule has 0 unspecified atom stereocenters. The van der Waals surface area contributed by atoms with Crippen molar-refractivity contribution in [2.45, 2.75) is 27.7 Å². The summed E-state index contributed by atoms with van der Waals surface area (Å²) in [4.78, 5) is 0. The van der Waals surface area contributed by atoms with E-state index in [1.165, 1.54) is 5.57 Å². The number of allylic oxidation sites excluding steroid dienone is 1. The van der Waals surface area contributed by atoms with E-state index in [1.54, 1.807) is 7.11 Å². The van der Waals surface area contributed by atoms with E-state index in [1.807, 2.05) is 19.9 Å². The molecule has 0 aromatic rings. The summed E-state index contributed by atoms with van der Waals surface area (Å²) in [5.74, 6) is 0. The minimum Gasteiger partial charge on any atom is -0.381 e. The fourth-order valence-electron chi connectivity index (χ4n) is 0.250. The zero-order chi connectivity index (χ0) is 7.70. The van der Waals surface area contributed by atoms with Gasteiger partial charge in [-0.15, -0.1) is 0 Å². The number of rotatable bonds is 2. The number of hydrogen-bond acceptors (Lipinski definition) is 1. The van der Waals surface area contributed by atoms with Gasteiger partial charge in [-0.05, 0) is 13.8 Å². The van der Waals surface area contributed by atoms with Gasteiger partial charge in [0.25, 0.3) is 0 Å². The van der Waals surface area contributed by atoms with Crippen molar-refractivity contribution in [3.63, 3.8) is 0 Å². The Labute approximate surface area is 58.7 Å². The van der Waals surface area contributed by atoms with Gasteiger partial charge in [0.1, 0.15) is 0 Å². The second-order valence-electron chi connectivity index (χ2n) is 1.74. The first kappa shape index (κ1) is 11.5. The molecule has 0 fully saturated rings. The van der Waals surface area contributed by atoms with Crippen LogP contribution in [0.2, 0.25) is 0 Å². The lowest BCUT2D eigenvalue weighted by molar-refractivity contribution is 0.233. The molecule has 0 aliphatic rings. The van der Waals surface area contributed by atoms with Crippen LogP contribution in [0, 0.1) is 0 Å². The topological polar surface area (TPSA) is 9.23 Å². The second kappa shape index (κ2) is 10.6. The zero-order valence-corrected chi connectivity index (χ0v) is 7.19. The Hall–Kier alpha value is -0.300. The second-order valence-corrected chi connectivity index (χ2v) is 1.74. The van der Waals surface area contributed by atoms with Crippen LogP contribution >= 0.6 is 0 Å². The van der Waals surface area contributed by atoms with E-state index in [0.29, 0.717) is 0 Å². The Morgan fingerprint density at radius 2 is 1.78 bits per heavy atom. The molecule has 1 heteroatoms. The van der Waals surface area contributed by atoms with Gasteiger partial charge in [-0.25, -0.2) is 0 Å². The van der Waals surface area contributed by atoms with E-state index in [2.05, 4.69) is 13.8 Å². The molecule has 9 heavy (non-hydrogen) atoms. The molecule has 0 N–H and O–H groups in total. The molecule has 0 saturated carbocycles. The number of methoxy groups -OCH3 is 1. The molecule has 0 aromatic carbocycles. The Morgan fingerprint density at radius 3 is 1.89 bits per heavy atom. The van der Waals surface area contributed by atoms with Crippen LogP contribution in [-0.4, -0.2) is 13.7 Å². The normalized spacial score (nSPS) is 7.22. The van der Waals surface area contributed by atoms with Crippen LogP contribution in [0.15, 0.2) is 11.6 Å². The molecule has 0 heterocycles. The lowest BCUT2D eigenvalue weighted by Gasteiger charge is -1.87. The molecule has 0 saturated heterocycles. The standard InChI is InChI=1S/C6H12O.C2H6/c1-6(2)4-5-7-3;1-2/h4H,5H2,1-3H3;1-2H3. The maximum absolute atomic E-state index is 4.78. The minimum absolute atomic E-state index is 0.738. The van der Waals surface area contributed by atoms with Crippen LogP contribution < -0.4 is 0 Å². The molecule has 0 bridgehead atoms. The Morgan fingerprint density at radius 1 is 1.33 bits per heavy atom. The fraction of sp³-hybridized carbons (Fsp3) is 0.750. The average Bonchev–Trinajstić information content (AvgIpc) is 1.88. The van der Waals surface area contributed by atoms with Crippen LogP contribution in [0.3, 0.4) is 0 Å². The Kier molecular flexibility index (Phi) is 13.6. The largest absolute Gasteiger partial charge is 0.381 e. The van der Waals surface area contributed by atoms with Gasteiger partial charge >= 0.3 is 0 Å². The first-order chi connectivity index (χ1) is 4.27. The molecule has 0 aliphatic heterocycles. The summed E-state index contributed by atoms with van der Waals surface area (Å²) in [5.41, 5.74) is 1.31. The van der Waals surface area contributed by atoms with Crippen LogP contribution in [0.4, 0.5) is 0 Å². The lowest BCUT2D eigenvalue weighted by atomic mass is 10.3. The summed E-state index contributed by atoms with van der Waals surface area (Å²) in [6.07, 6.45) is 2.04. The predicted molar refractivity (Wildman–Crippen MR) is 42.7 cm³/mol. The van der Waals surface area contributed by atoms with Crippen molar-refractivity contribution < 1.29 is 4.74 Å². The van der Waals surface area contributed by atoms with Gasteiger partial charge in [0.2, 0.25) is 0 Å². The van der Waals surface area contributed by atoms with Crippen molar-refractivity contribution in [2.75, 3.05) is 13.7 Å². The fourth-order valence-corrected chi connectivity index (χ4v) is 0.250. The van der Waals surface area contributed by atoms with Gasteiger partial charge in [0.05, 0.1) is 6.61 Å². The van der Waals surface area contributed by atoms with E-state index < -0.39 is 0 Å². The number of ether oxygens (including phenoxy) is 1. The highest BCUT2D eigenvalue weighted by atomic mass is 16.5. The molecule has 56 valence electrons. The highest BCUT2D eigenvalue weighted by molar-refractivity contribution is 4.92. The lowest BCUT2D eigenvalue weighted by Crippen LogP contribution is -1.80. The van der Waals surface area contributed by atoms with Gasteiger partial charge in [-0.3, -0.25) is 0 Å². The summed E-state index contributed by atoms with van der Waals surface area (Å²) >= 11 is 0. The SMILES string of the molecule is CC.COCC=C(C)C. The zero-order valence-electron chi connectivity index (χ0n) is 7.19. The third-order valence-electron chi connectivity index (χ3n) is 0.658. The van der Waals surface area contributed by atoms with Crippen LogP contribution in [0.5, 0.6) is 0 Å². The minimum atomic E-state index is 0.738. The monoisotopic (exact) mass is 130 g/mol. The Balaban J connectivity index is 0. The summed E-state index contributed by atoms with van der Waals surface area (Å²) in [7, 11) is 1.69. The highest BCUT2D eigenvalue weighted by Crippen LogP contribution is 1.85. The van der Waals surface area contributed by atoms with E-state index in [4.69, 9.17) is 4.74 Å². The highest BCUT2D eigenvalue weighted by Gasteiger charge is 1.72. The first-order valence-corrected chi connectivity index (χ1v) is 3.39. The molecule has 0 radical (unpaired) electrons. The van der Waals surface area contributed by atoms with Crippen LogP contribution in [-0.2, 0) is 4.74 Å². The molecule has 0 atom stereocenters. The quantitative estimate of drug-likeness (QED) is 0.522. The van der Waals surface area contributed by atoms with E-state index in [9.17, 15) is 0 Å². The maximum atomic E-state index is 4.78. The molecular formula is C8H18O. The van der Waals surface area contributed by atoms with Gasteiger partial charge in [0.15, 0.2) is 0 Å². The molecule has 0 aliphatic carbocycles. The van der Waals surface area contributed by atoms with E-state index in [-0.39, 0.29) is 0 Å². The van der Waals surface area contributed by atoms with Gasteiger partial charge < -0.3 is 4.74 Å². The van der Waals surface area contributed by atoms with Crippen molar-refractivity contribution in [3.8, 4) is 0 Å². The Bertz CT molecular complexity index is 61.0. The summed E-state index contributed by atoms with van der Waals surface area (Å²) in [6, 6.07) is 0. The molecule has 0 spiro atoms. The van der Waals surface area contributed by atoms with Crippen molar-refractivity contribution in [2.24, 2.45) is 0 Å². The van der Waals surface area contributed by atoms with Crippen molar-refractivity contribution >= 4 is 0 Å². The average molecular weight is 130 g/mol. The smallest absolute Gasteiger partial charge is 0.0646 e. The maximum Gasteiger partial charge on any atom is 0.0646 e. The predicted octanol–water partition coefficient (Wildman–Crippen LogP) is 2.63. The summed E-state index contributed by atoms with van der Waals surface area (Å²) in [6.45, 7) is 8.85. The van der Waals surface area contributed by atoms with Crippen molar-refractivity contribution in [3.05, 3.63) is 11.6 Å². The molecular weight excluding hydrogens is 112 g/mol. The van der Waals surface area contributed by atoms with Gasteiger partial charge in [-0.2, -0.15) is 0 Å². The molecule has 1 nitrogen and oxygen atoms in total. The van der Waals surface area contributed by atoms with Gasteiger partial charge in [-0.1, -0.05) is 25.5 Å². The number of hydrogen-bond donors (Lipinski definition) is 0. The third-order valence-corrected chi connectivity index (χ3v) is 0.658. The molecule has 0 amide bonds. The van der Waals surface area contributed by atoms with Crippen molar-refractivity contribution in [1.82, 2.24) is 0 Å². The van der Waals surface area contributed by atoms with Crippen LogP contribution in [0.1, 0.15) is 27.7 Å². The third kappa shape index (κ3) is 18.3. The van der Waals surface area contributed by atoms with Crippen LogP contribution in [0.25, 0.3) is 0 Å². The van der Waals surface area contributed by atoms with Gasteiger partial charge in [0, 0.05) is 7.11 Å². The summed E-state index contributed by atoms with van der Waals surface area (Å²) < 4.78 is 4.78. The molecule has 0 rings (SSSR count). The van der Waals surface area contributed by atoms with Crippen molar-refractivity contribution in [1.29, 1.82) is 0 Å². The first-order valence-electron chi connectivity index (χ1n) is 3.39. The summed E-state index contributed by atoms with van der Waals surface area (Å²) in [5, 5.41) is 0. The van der Waals surface area contributed by atoms with E-state index >= 15 is 0 Å².